The minimum atomic E-state index is -3.81. The van der Waals surface area contributed by atoms with Gasteiger partial charge in [-0.05, 0) is 73.9 Å². The van der Waals surface area contributed by atoms with E-state index in [2.05, 4.69) is 75.9 Å². The van der Waals surface area contributed by atoms with Gasteiger partial charge in [0.1, 0.15) is 0 Å². The highest BCUT2D eigenvalue weighted by molar-refractivity contribution is 8.06. The fourth-order valence-corrected chi connectivity index (χ4v) is 2.15. The summed E-state index contributed by atoms with van der Waals surface area (Å²) in [5, 5.41) is 0. The highest BCUT2D eigenvalue weighted by Gasteiger charge is 1.93. The Hall–Kier alpha value is 0.810. The third kappa shape index (κ3) is 210. The molecule has 15 heteroatoms. The lowest BCUT2D eigenvalue weighted by Gasteiger charge is -1.91. The molecule has 0 aliphatic heterocycles. The molecule has 0 saturated carbocycles. The van der Waals surface area contributed by atoms with Crippen molar-refractivity contribution in [2.24, 2.45) is 0 Å². The Balaban J connectivity index is -0.0000000850. The monoisotopic (exact) mass is 678 g/mol. The van der Waals surface area contributed by atoms with E-state index in [1.165, 1.54) is 96.3 Å². The van der Waals surface area contributed by atoms with Gasteiger partial charge in [-0.1, -0.05) is 96.8 Å². The summed E-state index contributed by atoms with van der Waals surface area (Å²) in [5.41, 5.74) is 0. The van der Waals surface area contributed by atoms with Gasteiger partial charge in [0, 0.05) is 0 Å². The molecule has 0 rings (SSSR count). The number of allylic oxidation sites excluding steroid dienone is 3. The largest absolute Gasteiger partial charge is 0.325 e. The van der Waals surface area contributed by atoms with Crippen LogP contribution in [0.3, 0.4) is 0 Å². The summed E-state index contributed by atoms with van der Waals surface area (Å²) in [6, 6.07) is 0. The molecule has 0 saturated heterocycles. The van der Waals surface area contributed by atoms with Crippen LogP contribution < -0.4 is 0 Å². The standard InChI is InChI=1S/3C8H16.3H3O3PS/c3*1-3-5-7-8-6-4-2;3*1-4(2,3)5/h3*3H,1,4-8H2,2H3;3*(H3,1,2,3,5). The van der Waals surface area contributed by atoms with Crippen molar-refractivity contribution in [2.45, 2.75) is 117 Å². The Morgan fingerprint density at radius 3 is 0.667 bits per heavy atom. The molecule has 0 unspecified atom stereocenters. The van der Waals surface area contributed by atoms with Gasteiger partial charge in [-0.3, -0.25) is 0 Å². The number of hydrogen-bond acceptors (Lipinski definition) is 3. The number of unbranched alkanes of at least 4 members (excludes halogenated alkanes) is 12. The van der Waals surface area contributed by atoms with Gasteiger partial charge in [-0.2, -0.15) is 0 Å². The van der Waals surface area contributed by atoms with Crippen LogP contribution >= 0.6 is 20.2 Å². The summed E-state index contributed by atoms with van der Waals surface area (Å²) in [4.78, 5) is 68.0. The van der Waals surface area contributed by atoms with Gasteiger partial charge in [0.2, 0.25) is 0 Å². The Morgan fingerprint density at radius 2 is 0.564 bits per heavy atom. The first-order chi connectivity index (χ1) is 17.7. The minimum Gasteiger partial charge on any atom is -0.325 e. The van der Waals surface area contributed by atoms with Crippen LogP contribution in [0.25, 0.3) is 0 Å². The molecule has 0 bridgehead atoms. The van der Waals surface area contributed by atoms with Crippen LogP contribution in [-0.2, 0) is 35.4 Å². The molecule has 0 aromatic rings. The number of hydrogen-bond donors (Lipinski definition) is 9. The van der Waals surface area contributed by atoms with Crippen molar-refractivity contribution < 1.29 is 44.0 Å². The van der Waals surface area contributed by atoms with Crippen LogP contribution in [0.1, 0.15) is 117 Å². The first kappa shape index (κ1) is 52.5. The zero-order chi connectivity index (χ0) is 32.2. The van der Waals surface area contributed by atoms with E-state index in [1.807, 2.05) is 18.2 Å². The fraction of sp³-hybridized carbons (Fsp3) is 0.750. The van der Waals surface area contributed by atoms with Crippen LogP contribution in [0.4, 0.5) is 0 Å². The van der Waals surface area contributed by atoms with Crippen molar-refractivity contribution in [1.82, 2.24) is 0 Å². The Bertz CT molecular complexity index is 527. The van der Waals surface area contributed by atoms with Gasteiger partial charge in [0.25, 0.3) is 0 Å². The summed E-state index contributed by atoms with van der Waals surface area (Å²) in [5.74, 6) is 0. The quantitative estimate of drug-likeness (QED) is 0.0493. The second-order valence-corrected chi connectivity index (χ2v) is 15.4. The first-order valence-corrected chi connectivity index (χ1v) is 20.9. The molecule has 0 aliphatic carbocycles. The molecule has 9 N–H and O–H groups in total. The SMILES string of the molecule is C=CCCCCCC.C=CCCCCCC.C=CCCCCCC.OP(O)(O)=S.OP(O)(O)=S.OP(O)(O)=S. The van der Waals surface area contributed by atoms with Crippen LogP contribution in [0, 0.1) is 0 Å². The predicted molar refractivity (Wildman–Crippen MR) is 180 cm³/mol. The van der Waals surface area contributed by atoms with Gasteiger partial charge < -0.3 is 44.0 Å². The highest BCUT2D eigenvalue weighted by Crippen LogP contribution is 2.27. The number of rotatable bonds is 15. The first-order valence-electron chi connectivity index (χ1n) is 12.9. The third-order valence-corrected chi connectivity index (χ3v) is 3.79. The average Bonchev–Trinajstić information content (AvgIpc) is 2.75. The van der Waals surface area contributed by atoms with E-state index in [9.17, 15) is 0 Å². The zero-order valence-corrected chi connectivity index (χ0v) is 29.2. The van der Waals surface area contributed by atoms with E-state index in [0.717, 1.165) is 0 Å². The molecule has 0 aliphatic rings. The molecular formula is C24H57O9P3S3. The van der Waals surface area contributed by atoms with E-state index in [4.69, 9.17) is 44.0 Å². The molecule has 9 nitrogen and oxygen atoms in total. The lowest BCUT2D eigenvalue weighted by atomic mass is 10.2. The summed E-state index contributed by atoms with van der Waals surface area (Å²) in [7, 11) is 0. The van der Waals surface area contributed by atoms with E-state index >= 15 is 0 Å². The molecule has 39 heavy (non-hydrogen) atoms. The summed E-state index contributed by atoms with van der Waals surface area (Å²) in [6.07, 6.45) is 25.8. The van der Waals surface area contributed by atoms with E-state index in [0.29, 0.717) is 0 Å². The molecule has 0 amide bonds. The molecule has 0 aromatic heterocycles. The Morgan fingerprint density at radius 1 is 0.410 bits per heavy atom. The molecule has 0 fully saturated rings. The molecule has 0 atom stereocenters. The maximum absolute atomic E-state index is 7.56. The van der Waals surface area contributed by atoms with Gasteiger partial charge in [0.05, 0.1) is 0 Å². The molecular weight excluding hydrogens is 621 g/mol. The van der Waals surface area contributed by atoms with Crippen LogP contribution in [0.2, 0.25) is 0 Å². The Labute approximate surface area is 253 Å². The fourth-order valence-electron chi connectivity index (χ4n) is 2.15. The zero-order valence-electron chi connectivity index (χ0n) is 24.1. The maximum atomic E-state index is 7.56. The van der Waals surface area contributed by atoms with Gasteiger partial charge in [-0.25, -0.2) is 0 Å². The van der Waals surface area contributed by atoms with Crippen molar-refractivity contribution in [3.63, 3.8) is 0 Å². The van der Waals surface area contributed by atoms with E-state index in [1.54, 1.807) is 0 Å². The molecule has 0 heterocycles. The molecule has 0 spiro atoms. The summed E-state index contributed by atoms with van der Waals surface area (Å²) < 4.78 is 0. The lowest BCUT2D eigenvalue weighted by molar-refractivity contribution is 0.361. The molecule has 0 aromatic carbocycles. The summed E-state index contributed by atoms with van der Waals surface area (Å²) >= 11 is 10.8. The van der Waals surface area contributed by atoms with Gasteiger partial charge in [-0.15, -0.1) is 19.7 Å². The van der Waals surface area contributed by atoms with Crippen molar-refractivity contribution in [3.8, 4) is 0 Å². The lowest BCUT2D eigenvalue weighted by Crippen LogP contribution is -1.71. The topological polar surface area (TPSA) is 182 Å². The highest BCUT2D eigenvalue weighted by atomic mass is 32.5. The summed E-state index contributed by atoms with van der Waals surface area (Å²) in [6.45, 7) is 6.25. The van der Waals surface area contributed by atoms with Crippen molar-refractivity contribution in [3.05, 3.63) is 38.0 Å². The average molecular weight is 679 g/mol. The van der Waals surface area contributed by atoms with Crippen LogP contribution in [-0.4, -0.2) is 44.0 Å². The Kier molecular flexibility index (Phi) is 55.1. The maximum Gasteiger partial charge on any atom is 0.319 e. The van der Waals surface area contributed by atoms with Crippen LogP contribution in [0.5, 0.6) is 0 Å². The third-order valence-electron chi connectivity index (χ3n) is 3.79. The molecule has 240 valence electrons. The van der Waals surface area contributed by atoms with Crippen molar-refractivity contribution >= 4 is 55.6 Å². The smallest absolute Gasteiger partial charge is 0.319 e. The minimum absolute atomic E-state index is 1.19. The van der Waals surface area contributed by atoms with Crippen molar-refractivity contribution in [1.29, 1.82) is 0 Å². The normalized spacial score (nSPS) is 10.2. The van der Waals surface area contributed by atoms with Crippen LogP contribution in [0.15, 0.2) is 38.0 Å². The van der Waals surface area contributed by atoms with Gasteiger partial charge >= 0.3 is 20.2 Å². The van der Waals surface area contributed by atoms with Gasteiger partial charge in [0.15, 0.2) is 0 Å². The molecule has 0 radical (unpaired) electrons. The van der Waals surface area contributed by atoms with Crippen molar-refractivity contribution in [2.75, 3.05) is 0 Å². The van der Waals surface area contributed by atoms with E-state index in [-0.39, 0.29) is 0 Å². The second kappa shape index (κ2) is 40.9. The van der Waals surface area contributed by atoms with E-state index < -0.39 is 20.2 Å². The predicted octanol–water partition coefficient (Wildman–Crippen LogP) is 6.99. The second-order valence-electron chi connectivity index (χ2n) is 7.95.